The largest absolute Gasteiger partial charge is 0.508 e. The number of phenols is 1. The number of nitrogens with one attached hydrogen (secondary N) is 3. The third-order valence-corrected chi connectivity index (χ3v) is 4.73. The number of hydrogen-bond donors (Lipinski definition) is 6. The van der Waals surface area contributed by atoms with E-state index in [9.17, 15) is 24.3 Å². The molecule has 1 rings (SSSR count). The molecular formula is C22H34N4O6. The summed E-state index contributed by atoms with van der Waals surface area (Å²) in [7, 11) is 0. The number of carboxylic acid groups (broad SMARTS) is 1. The van der Waals surface area contributed by atoms with Crippen LogP contribution >= 0.6 is 0 Å². The van der Waals surface area contributed by atoms with Gasteiger partial charge in [0.15, 0.2) is 0 Å². The zero-order valence-corrected chi connectivity index (χ0v) is 18.9. The van der Waals surface area contributed by atoms with Crippen molar-refractivity contribution in [3.63, 3.8) is 0 Å². The first-order valence-electron chi connectivity index (χ1n) is 10.5. The van der Waals surface area contributed by atoms with Gasteiger partial charge >= 0.3 is 5.97 Å². The third-order valence-electron chi connectivity index (χ3n) is 4.73. The molecule has 178 valence electrons. The zero-order valence-electron chi connectivity index (χ0n) is 18.9. The Morgan fingerprint density at radius 2 is 1.53 bits per heavy atom. The molecule has 1 aromatic carbocycles. The van der Waals surface area contributed by atoms with Crippen molar-refractivity contribution in [1.82, 2.24) is 16.0 Å². The molecule has 0 aliphatic carbocycles. The maximum absolute atomic E-state index is 12.9. The summed E-state index contributed by atoms with van der Waals surface area (Å²) in [5.74, 6) is -3.01. The first-order chi connectivity index (χ1) is 14.9. The van der Waals surface area contributed by atoms with Crippen molar-refractivity contribution in [2.45, 2.75) is 58.7 Å². The third kappa shape index (κ3) is 9.34. The van der Waals surface area contributed by atoms with Gasteiger partial charge in [-0.15, -0.1) is 0 Å². The molecular weight excluding hydrogens is 416 g/mol. The van der Waals surface area contributed by atoms with Crippen molar-refractivity contribution >= 4 is 23.7 Å². The normalized spacial score (nSPS) is 13.8. The molecule has 0 saturated carbocycles. The number of rotatable bonds is 12. The quantitative estimate of drug-likeness (QED) is 0.263. The van der Waals surface area contributed by atoms with Crippen molar-refractivity contribution in [1.29, 1.82) is 0 Å². The lowest BCUT2D eigenvalue weighted by molar-refractivity contribution is -0.139. The van der Waals surface area contributed by atoms with E-state index in [4.69, 9.17) is 10.8 Å². The fourth-order valence-corrected chi connectivity index (χ4v) is 3.02. The second-order valence-corrected chi connectivity index (χ2v) is 8.51. The van der Waals surface area contributed by atoms with Gasteiger partial charge in [0, 0.05) is 0 Å². The molecule has 0 radical (unpaired) electrons. The monoisotopic (exact) mass is 450 g/mol. The molecule has 0 spiro atoms. The average molecular weight is 451 g/mol. The van der Waals surface area contributed by atoms with Gasteiger partial charge in [0.05, 0.1) is 6.04 Å². The first-order valence-corrected chi connectivity index (χ1v) is 10.5. The molecule has 3 amide bonds. The van der Waals surface area contributed by atoms with E-state index in [1.165, 1.54) is 12.1 Å². The van der Waals surface area contributed by atoms with Crippen LogP contribution in [0.25, 0.3) is 0 Å². The number of hydrogen-bond acceptors (Lipinski definition) is 6. The summed E-state index contributed by atoms with van der Waals surface area (Å²) in [5.41, 5.74) is 6.76. The van der Waals surface area contributed by atoms with Gasteiger partial charge in [-0.3, -0.25) is 19.2 Å². The van der Waals surface area contributed by atoms with Gasteiger partial charge in [-0.1, -0.05) is 39.8 Å². The molecule has 0 heterocycles. The van der Waals surface area contributed by atoms with E-state index >= 15 is 0 Å². The number of phenolic OH excluding ortho intramolecular Hbond substituents is 1. The minimum Gasteiger partial charge on any atom is -0.508 e. The van der Waals surface area contributed by atoms with Crippen LogP contribution < -0.4 is 21.7 Å². The highest BCUT2D eigenvalue weighted by atomic mass is 16.4. The Morgan fingerprint density at radius 1 is 0.938 bits per heavy atom. The molecule has 0 bridgehead atoms. The van der Waals surface area contributed by atoms with E-state index in [2.05, 4.69) is 16.0 Å². The van der Waals surface area contributed by atoms with E-state index < -0.39 is 48.4 Å². The second kappa shape index (κ2) is 12.7. The van der Waals surface area contributed by atoms with Gasteiger partial charge in [0.2, 0.25) is 17.7 Å². The minimum absolute atomic E-state index is 0.0673. The molecule has 0 aromatic heterocycles. The molecule has 10 heteroatoms. The minimum atomic E-state index is -1.19. The maximum Gasteiger partial charge on any atom is 0.322 e. The molecule has 10 nitrogen and oxygen atoms in total. The van der Waals surface area contributed by atoms with Gasteiger partial charge in [-0.05, 0) is 42.4 Å². The Kier molecular flexibility index (Phi) is 10.6. The second-order valence-electron chi connectivity index (χ2n) is 8.51. The van der Waals surface area contributed by atoms with Crippen LogP contribution in [0, 0.1) is 11.8 Å². The van der Waals surface area contributed by atoms with E-state index in [1.807, 2.05) is 13.8 Å². The summed E-state index contributed by atoms with van der Waals surface area (Å²) in [5, 5.41) is 25.7. The Bertz CT molecular complexity index is 794. The van der Waals surface area contributed by atoms with Crippen LogP contribution in [-0.4, -0.2) is 58.6 Å². The van der Waals surface area contributed by atoms with E-state index in [-0.39, 0.29) is 24.0 Å². The van der Waals surface area contributed by atoms with Crippen LogP contribution in [-0.2, 0) is 25.6 Å². The smallest absolute Gasteiger partial charge is 0.322 e. The van der Waals surface area contributed by atoms with Crippen molar-refractivity contribution in [2.24, 2.45) is 17.6 Å². The Morgan fingerprint density at radius 3 is 2.03 bits per heavy atom. The number of carboxylic acids is 1. The average Bonchev–Trinajstić information content (AvgIpc) is 2.70. The zero-order chi connectivity index (χ0) is 24.4. The molecule has 7 N–H and O–H groups in total. The van der Waals surface area contributed by atoms with Crippen LogP contribution in [0.4, 0.5) is 0 Å². The number of aromatic hydroxyl groups is 1. The number of carbonyl (C=O) groups excluding carboxylic acids is 3. The number of nitrogens with two attached hydrogens (primary N) is 1. The topological polar surface area (TPSA) is 171 Å². The molecule has 0 saturated heterocycles. The summed E-state index contributed by atoms with van der Waals surface area (Å²) in [6.45, 7) is 6.66. The van der Waals surface area contributed by atoms with E-state index in [0.29, 0.717) is 6.42 Å². The summed E-state index contributed by atoms with van der Waals surface area (Å²) in [4.78, 5) is 48.6. The molecule has 32 heavy (non-hydrogen) atoms. The molecule has 3 atom stereocenters. The van der Waals surface area contributed by atoms with Crippen LogP contribution in [0.1, 0.15) is 39.7 Å². The van der Waals surface area contributed by atoms with Crippen LogP contribution in [0.2, 0.25) is 0 Å². The molecule has 3 unspecified atom stereocenters. The van der Waals surface area contributed by atoms with Crippen LogP contribution in [0.15, 0.2) is 24.3 Å². The van der Waals surface area contributed by atoms with Gasteiger partial charge in [0.1, 0.15) is 24.4 Å². The number of aliphatic carboxylic acids is 1. The standard InChI is InChI=1S/C22H34N4O6/c1-12(2)9-17(21(31)26-19(13(3)4)22(32)24-11-18(28)29)25-20(30)16(23)10-14-5-7-15(27)8-6-14/h5-8,12-13,16-17,19,27H,9-11,23H2,1-4H3,(H,24,32)(H,25,30)(H,26,31)(H,28,29). The first kappa shape index (κ1) is 26.9. The number of benzene rings is 1. The SMILES string of the molecule is CC(C)CC(NC(=O)C(N)Cc1ccc(O)cc1)C(=O)NC(C(=O)NCC(=O)O)C(C)C. The molecule has 0 aliphatic rings. The predicted octanol–water partition coefficient (Wildman–Crippen LogP) is 0.135. The van der Waals surface area contributed by atoms with Crippen molar-refractivity contribution in [3.05, 3.63) is 29.8 Å². The van der Waals surface area contributed by atoms with Crippen molar-refractivity contribution in [3.8, 4) is 5.75 Å². The van der Waals surface area contributed by atoms with Crippen LogP contribution in [0.5, 0.6) is 5.75 Å². The summed E-state index contributed by atoms with van der Waals surface area (Å²) in [6, 6.07) is 3.52. The molecule has 0 fully saturated rings. The highest BCUT2D eigenvalue weighted by Crippen LogP contribution is 2.12. The Labute approximate surface area is 187 Å². The Hall–Kier alpha value is -3.14. The van der Waals surface area contributed by atoms with Gasteiger partial charge < -0.3 is 31.9 Å². The van der Waals surface area contributed by atoms with E-state index in [0.717, 1.165) is 5.56 Å². The lowest BCUT2D eigenvalue weighted by Crippen LogP contribution is -2.57. The summed E-state index contributed by atoms with van der Waals surface area (Å²) in [6.07, 6.45) is 0.541. The predicted molar refractivity (Wildman–Crippen MR) is 119 cm³/mol. The van der Waals surface area contributed by atoms with Gasteiger partial charge in [-0.2, -0.15) is 0 Å². The van der Waals surface area contributed by atoms with Crippen molar-refractivity contribution in [2.75, 3.05) is 6.54 Å². The van der Waals surface area contributed by atoms with Crippen molar-refractivity contribution < 1.29 is 29.4 Å². The fraction of sp³-hybridized carbons (Fsp3) is 0.545. The van der Waals surface area contributed by atoms with Crippen LogP contribution in [0.3, 0.4) is 0 Å². The Balaban J connectivity index is 2.84. The van der Waals surface area contributed by atoms with E-state index in [1.54, 1.807) is 26.0 Å². The summed E-state index contributed by atoms with van der Waals surface area (Å²) >= 11 is 0. The highest BCUT2D eigenvalue weighted by molar-refractivity contribution is 5.93. The molecule has 0 aliphatic heterocycles. The van der Waals surface area contributed by atoms with Gasteiger partial charge in [-0.25, -0.2) is 0 Å². The lowest BCUT2D eigenvalue weighted by Gasteiger charge is -2.26. The highest BCUT2D eigenvalue weighted by Gasteiger charge is 2.30. The fourth-order valence-electron chi connectivity index (χ4n) is 3.02. The maximum atomic E-state index is 12.9. The molecule has 1 aromatic rings. The lowest BCUT2D eigenvalue weighted by atomic mass is 9.99. The van der Waals surface area contributed by atoms with Gasteiger partial charge in [0.25, 0.3) is 0 Å². The summed E-state index contributed by atoms with van der Waals surface area (Å²) < 4.78 is 0. The number of amides is 3. The number of carbonyl (C=O) groups is 4.